The third-order valence-corrected chi connectivity index (χ3v) is 7.32. The number of nitrogens with one attached hydrogen (secondary N) is 1. The molecule has 2 heterocycles. The molecular weight excluding hydrogens is 352 g/mol. The second-order valence-corrected chi connectivity index (χ2v) is 9.86. The molecule has 142 valence electrons. The van der Waals surface area contributed by atoms with Crippen molar-refractivity contribution in [3.63, 3.8) is 0 Å². The van der Waals surface area contributed by atoms with E-state index in [2.05, 4.69) is 12.2 Å². The van der Waals surface area contributed by atoms with Crippen LogP contribution in [0.2, 0.25) is 0 Å². The molecule has 0 bridgehead atoms. The Kier molecular flexibility index (Phi) is 5.10. The summed E-state index contributed by atoms with van der Waals surface area (Å²) < 4.78 is 23.0. The summed E-state index contributed by atoms with van der Waals surface area (Å²) in [6.45, 7) is 5.72. The second kappa shape index (κ2) is 7.02. The van der Waals surface area contributed by atoms with Gasteiger partial charge in [-0.1, -0.05) is 6.92 Å². The summed E-state index contributed by atoms with van der Waals surface area (Å²) in [5.74, 6) is 0.396. The third kappa shape index (κ3) is 3.77. The van der Waals surface area contributed by atoms with E-state index in [0.29, 0.717) is 24.3 Å². The predicted molar refractivity (Wildman–Crippen MR) is 101 cm³/mol. The number of rotatable bonds is 2. The van der Waals surface area contributed by atoms with Crippen molar-refractivity contribution in [2.24, 2.45) is 5.92 Å². The van der Waals surface area contributed by atoms with Gasteiger partial charge in [0.1, 0.15) is 9.84 Å². The highest BCUT2D eigenvalue weighted by Gasteiger charge is 2.32. The van der Waals surface area contributed by atoms with Gasteiger partial charge in [0.2, 0.25) is 5.91 Å². The van der Waals surface area contributed by atoms with Crippen molar-refractivity contribution < 1.29 is 18.0 Å². The van der Waals surface area contributed by atoms with E-state index in [1.807, 2.05) is 19.1 Å². The molecule has 26 heavy (non-hydrogen) atoms. The van der Waals surface area contributed by atoms with Crippen LogP contribution in [0.25, 0.3) is 0 Å². The van der Waals surface area contributed by atoms with E-state index in [9.17, 15) is 18.0 Å². The molecule has 2 atom stereocenters. The first-order chi connectivity index (χ1) is 12.2. The van der Waals surface area contributed by atoms with Crippen molar-refractivity contribution in [3.8, 4) is 0 Å². The quantitative estimate of drug-likeness (QED) is 0.852. The molecule has 2 amide bonds. The summed E-state index contributed by atoms with van der Waals surface area (Å²) in [5.41, 5.74) is 2.44. The highest BCUT2D eigenvalue weighted by molar-refractivity contribution is 7.91. The summed E-state index contributed by atoms with van der Waals surface area (Å²) in [4.78, 5) is 26.4. The third-order valence-electron chi connectivity index (χ3n) is 5.60. The van der Waals surface area contributed by atoms with Gasteiger partial charge in [-0.05, 0) is 55.9 Å². The average molecular weight is 378 g/mol. The Morgan fingerprint density at radius 3 is 2.42 bits per heavy atom. The van der Waals surface area contributed by atoms with Gasteiger partial charge in [0.05, 0.1) is 11.5 Å². The Morgan fingerprint density at radius 2 is 1.81 bits per heavy atom. The van der Waals surface area contributed by atoms with Crippen LogP contribution in [0.15, 0.2) is 18.2 Å². The smallest absolute Gasteiger partial charge is 0.251 e. The van der Waals surface area contributed by atoms with Crippen molar-refractivity contribution in [1.82, 2.24) is 5.32 Å². The molecule has 0 aromatic heterocycles. The first-order valence-electron chi connectivity index (χ1n) is 9.12. The van der Waals surface area contributed by atoms with Crippen molar-refractivity contribution >= 4 is 27.3 Å². The van der Waals surface area contributed by atoms with E-state index in [1.165, 1.54) is 0 Å². The monoisotopic (exact) mass is 378 g/mol. The number of anilines is 1. The fourth-order valence-electron chi connectivity index (χ4n) is 3.88. The van der Waals surface area contributed by atoms with Crippen molar-refractivity contribution in [2.75, 3.05) is 16.4 Å². The number of fused-ring (bicyclic) bond motifs is 1. The molecule has 1 fully saturated rings. The Labute approximate surface area is 154 Å². The van der Waals surface area contributed by atoms with Crippen LogP contribution in [0, 0.1) is 5.92 Å². The van der Waals surface area contributed by atoms with E-state index in [0.717, 1.165) is 17.7 Å². The Hall–Kier alpha value is -1.89. The zero-order chi connectivity index (χ0) is 19.1. The summed E-state index contributed by atoms with van der Waals surface area (Å²) >= 11 is 0. The maximum atomic E-state index is 12.6. The minimum Gasteiger partial charge on any atom is -0.349 e. The number of hydrogen-bond donors (Lipinski definition) is 1. The first-order valence-corrected chi connectivity index (χ1v) is 10.9. The summed E-state index contributed by atoms with van der Waals surface area (Å²) in [5, 5.41) is 2.95. The number of carbonyl (C=O) groups is 2. The summed E-state index contributed by atoms with van der Waals surface area (Å²) in [7, 11) is -2.94. The Morgan fingerprint density at radius 1 is 1.15 bits per heavy atom. The van der Waals surface area contributed by atoms with Crippen LogP contribution in [0.5, 0.6) is 0 Å². The van der Waals surface area contributed by atoms with Crippen LogP contribution in [0.1, 0.15) is 49.5 Å². The van der Waals surface area contributed by atoms with E-state index >= 15 is 0 Å². The van der Waals surface area contributed by atoms with Crippen molar-refractivity contribution in [3.05, 3.63) is 29.3 Å². The molecule has 1 aromatic rings. The highest BCUT2D eigenvalue weighted by Crippen LogP contribution is 2.34. The number of carbonyl (C=O) groups excluding carboxylic acids is 2. The Bertz CT molecular complexity index is 820. The summed E-state index contributed by atoms with van der Waals surface area (Å²) in [6, 6.07) is 5.48. The molecule has 7 heteroatoms. The molecule has 0 radical (unpaired) electrons. The van der Waals surface area contributed by atoms with Gasteiger partial charge in [0.25, 0.3) is 5.91 Å². The van der Waals surface area contributed by atoms with Crippen LogP contribution >= 0.6 is 0 Å². The first kappa shape index (κ1) is 18.9. The van der Waals surface area contributed by atoms with Crippen LogP contribution in [-0.4, -0.2) is 43.8 Å². The van der Waals surface area contributed by atoms with Crippen LogP contribution in [0.4, 0.5) is 5.69 Å². The van der Waals surface area contributed by atoms with Gasteiger partial charge >= 0.3 is 0 Å². The lowest BCUT2D eigenvalue weighted by atomic mass is 9.87. The van der Waals surface area contributed by atoms with Gasteiger partial charge in [0, 0.05) is 30.3 Å². The molecule has 3 rings (SSSR count). The van der Waals surface area contributed by atoms with Crippen molar-refractivity contribution in [1.29, 1.82) is 0 Å². The lowest BCUT2D eigenvalue weighted by molar-refractivity contribution is -0.117. The fraction of sp³-hybridized carbons (Fsp3) is 0.579. The van der Waals surface area contributed by atoms with E-state index < -0.39 is 9.84 Å². The van der Waals surface area contributed by atoms with Gasteiger partial charge in [-0.2, -0.15) is 0 Å². The molecule has 1 saturated heterocycles. The molecule has 0 saturated carbocycles. The molecule has 0 unspecified atom stereocenters. The predicted octanol–water partition coefficient (Wildman–Crippen LogP) is 1.93. The lowest BCUT2D eigenvalue weighted by Gasteiger charge is -2.39. The number of sulfone groups is 1. The molecule has 0 aliphatic carbocycles. The minimum absolute atomic E-state index is 0.00548. The van der Waals surface area contributed by atoms with Gasteiger partial charge in [-0.25, -0.2) is 8.42 Å². The van der Waals surface area contributed by atoms with Gasteiger partial charge < -0.3 is 10.2 Å². The number of nitrogens with zero attached hydrogens (tertiary/aromatic N) is 1. The average Bonchev–Trinajstić information content (AvgIpc) is 2.57. The Balaban J connectivity index is 1.77. The molecule has 1 N–H and O–H groups in total. The maximum Gasteiger partial charge on any atom is 0.251 e. The molecule has 2 aliphatic heterocycles. The number of benzene rings is 1. The maximum absolute atomic E-state index is 12.6. The van der Waals surface area contributed by atoms with Crippen LogP contribution < -0.4 is 10.2 Å². The highest BCUT2D eigenvalue weighted by atomic mass is 32.2. The standard InChI is InChI=1S/C19H26N2O4S/c1-12-10-16-11-15(4-5-18(16)21(13(12)2)14(3)22)19(23)20-17-6-8-26(24,25)9-7-17/h4-5,11-13,17H,6-10H2,1-3H3,(H,20,23)/t12-,13+/m1/s1. The number of hydrogen-bond acceptors (Lipinski definition) is 4. The van der Waals surface area contributed by atoms with E-state index in [1.54, 1.807) is 17.9 Å². The largest absolute Gasteiger partial charge is 0.349 e. The topological polar surface area (TPSA) is 83.6 Å². The van der Waals surface area contributed by atoms with E-state index in [-0.39, 0.29) is 35.4 Å². The van der Waals surface area contributed by atoms with Crippen LogP contribution in [-0.2, 0) is 21.1 Å². The molecule has 6 nitrogen and oxygen atoms in total. The van der Waals surface area contributed by atoms with Crippen molar-refractivity contribution in [2.45, 2.75) is 52.1 Å². The normalized spacial score (nSPS) is 25.4. The van der Waals surface area contributed by atoms with Crippen LogP contribution in [0.3, 0.4) is 0 Å². The van der Waals surface area contributed by atoms with Gasteiger partial charge in [0.15, 0.2) is 0 Å². The second-order valence-electron chi connectivity index (χ2n) is 7.55. The van der Waals surface area contributed by atoms with Gasteiger partial charge in [-0.3, -0.25) is 9.59 Å². The molecule has 0 spiro atoms. The van der Waals surface area contributed by atoms with E-state index in [4.69, 9.17) is 0 Å². The molecule has 2 aliphatic rings. The zero-order valence-electron chi connectivity index (χ0n) is 15.5. The minimum atomic E-state index is -2.94. The lowest BCUT2D eigenvalue weighted by Crippen LogP contribution is -2.45. The SMILES string of the molecule is CC(=O)N1c2ccc(C(=O)NC3CCS(=O)(=O)CC3)cc2C[C@@H](C)[C@@H]1C. The fourth-order valence-corrected chi connectivity index (χ4v) is 5.37. The van der Waals surface area contributed by atoms with Gasteiger partial charge in [-0.15, -0.1) is 0 Å². The number of amides is 2. The molecular formula is C19H26N2O4S. The summed E-state index contributed by atoms with van der Waals surface area (Å²) in [6.07, 6.45) is 1.75. The zero-order valence-corrected chi connectivity index (χ0v) is 16.3. The molecule has 1 aromatic carbocycles.